The number of furan rings is 1. The van der Waals surface area contributed by atoms with Gasteiger partial charge in [0.15, 0.2) is 11.5 Å². The largest absolute Gasteiger partial charge is 0.493 e. The van der Waals surface area contributed by atoms with Crippen molar-refractivity contribution in [2.24, 2.45) is 0 Å². The second kappa shape index (κ2) is 7.73. The molecule has 27 heavy (non-hydrogen) atoms. The van der Waals surface area contributed by atoms with Crippen LogP contribution in [-0.4, -0.2) is 31.2 Å². The fraction of sp³-hybridized carbons (Fsp3) is 0.400. The second-order valence-electron chi connectivity index (χ2n) is 6.61. The molecule has 7 nitrogen and oxygen atoms in total. The zero-order chi connectivity index (χ0) is 19.4. The first kappa shape index (κ1) is 18.8. The van der Waals surface area contributed by atoms with E-state index in [1.54, 1.807) is 20.3 Å². The standard InChI is InChI=1S/C20H23NO6/c1-25-15-7-5-13(11-17(15)26-2)20(9-3-4-10-20)19(24)21-12-14-6-8-16(27-14)18(22)23/h5-8,11H,3-4,9-10,12H2,1-2H3,(H,21,24)(H,22,23). The average Bonchev–Trinajstić information content (AvgIpc) is 3.36. The first-order valence-corrected chi connectivity index (χ1v) is 8.83. The Hall–Kier alpha value is -2.96. The number of aromatic carboxylic acids is 1. The first-order chi connectivity index (χ1) is 13.0. The van der Waals surface area contributed by atoms with Crippen LogP contribution in [0.4, 0.5) is 0 Å². The number of hydrogen-bond donors (Lipinski definition) is 2. The van der Waals surface area contributed by atoms with Gasteiger partial charge in [-0.05, 0) is 42.7 Å². The summed E-state index contributed by atoms with van der Waals surface area (Å²) in [5.41, 5.74) is 0.253. The molecule has 1 amide bonds. The molecule has 0 saturated heterocycles. The zero-order valence-electron chi connectivity index (χ0n) is 15.4. The molecule has 0 radical (unpaired) electrons. The molecule has 7 heteroatoms. The molecule has 2 N–H and O–H groups in total. The molecule has 1 saturated carbocycles. The monoisotopic (exact) mass is 373 g/mol. The molecule has 0 unspecified atom stereocenters. The number of carbonyl (C=O) groups excluding carboxylic acids is 1. The van der Waals surface area contributed by atoms with Crippen molar-refractivity contribution in [2.45, 2.75) is 37.6 Å². The Morgan fingerprint density at radius 3 is 2.41 bits per heavy atom. The predicted octanol–water partition coefficient (Wildman–Crippen LogP) is 3.12. The molecule has 0 bridgehead atoms. The van der Waals surface area contributed by atoms with Crippen LogP contribution in [0.1, 0.15) is 47.6 Å². The maximum absolute atomic E-state index is 13.1. The van der Waals surface area contributed by atoms with Crippen molar-refractivity contribution in [1.29, 1.82) is 0 Å². The molecular formula is C20H23NO6. The van der Waals surface area contributed by atoms with Gasteiger partial charge in [0.2, 0.25) is 11.7 Å². The highest BCUT2D eigenvalue weighted by molar-refractivity contribution is 5.89. The number of methoxy groups -OCH3 is 2. The second-order valence-corrected chi connectivity index (χ2v) is 6.61. The quantitative estimate of drug-likeness (QED) is 0.774. The lowest BCUT2D eigenvalue weighted by Crippen LogP contribution is -2.42. The fourth-order valence-electron chi connectivity index (χ4n) is 3.68. The Bertz CT molecular complexity index is 835. The van der Waals surface area contributed by atoms with Gasteiger partial charge in [-0.1, -0.05) is 18.9 Å². The van der Waals surface area contributed by atoms with Gasteiger partial charge >= 0.3 is 5.97 Å². The van der Waals surface area contributed by atoms with Crippen LogP contribution >= 0.6 is 0 Å². The highest BCUT2D eigenvalue weighted by Crippen LogP contribution is 2.44. The van der Waals surface area contributed by atoms with Crippen molar-refractivity contribution in [3.05, 3.63) is 47.4 Å². The van der Waals surface area contributed by atoms with Crippen molar-refractivity contribution < 1.29 is 28.6 Å². The Morgan fingerprint density at radius 1 is 1.11 bits per heavy atom. The van der Waals surface area contributed by atoms with E-state index >= 15 is 0 Å². The van der Waals surface area contributed by atoms with E-state index < -0.39 is 11.4 Å². The molecular weight excluding hydrogens is 350 g/mol. The van der Waals surface area contributed by atoms with Gasteiger partial charge in [0.05, 0.1) is 26.2 Å². The summed E-state index contributed by atoms with van der Waals surface area (Å²) in [6, 6.07) is 8.51. The van der Waals surface area contributed by atoms with Gasteiger partial charge in [-0.15, -0.1) is 0 Å². The fourth-order valence-corrected chi connectivity index (χ4v) is 3.68. The molecule has 1 fully saturated rings. The molecule has 1 heterocycles. The maximum atomic E-state index is 13.1. The Kier molecular flexibility index (Phi) is 5.39. The van der Waals surface area contributed by atoms with Gasteiger partial charge in [-0.2, -0.15) is 0 Å². The molecule has 0 atom stereocenters. The van der Waals surface area contributed by atoms with Crippen molar-refractivity contribution in [3.63, 3.8) is 0 Å². The van der Waals surface area contributed by atoms with E-state index in [1.807, 2.05) is 18.2 Å². The highest BCUT2D eigenvalue weighted by Gasteiger charge is 2.43. The van der Waals surface area contributed by atoms with E-state index in [0.717, 1.165) is 31.2 Å². The topological polar surface area (TPSA) is 98.0 Å². The van der Waals surface area contributed by atoms with E-state index in [1.165, 1.54) is 6.07 Å². The number of carboxylic acids is 1. The van der Waals surface area contributed by atoms with E-state index in [-0.39, 0.29) is 18.2 Å². The van der Waals surface area contributed by atoms with Crippen molar-refractivity contribution in [2.75, 3.05) is 14.2 Å². The summed E-state index contributed by atoms with van der Waals surface area (Å²) in [5.74, 6) is 0.236. The average molecular weight is 373 g/mol. The molecule has 144 valence electrons. The number of rotatable bonds is 7. The van der Waals surface area contributed by atoms with Gasteiger partial charge in [-0.25, -0.2) is 4.79 Å². The number of carboxylic acid groups (broad SMARTS) is 1. The van der Waals surface area contributed by atoms with Crippen LogP contribution in [0.3, 0.4) is 0 Å². The molecule has 2 aromatic rings. The van der Waals surface area contributed by atoms with Crippen LogP contribution in [0.15, 0.2) is 34.7 Å². The summed E-state index contributed by atoms with van der Waals surface area (Å²) in [4.78, 5) is 24.0. The van der Waals surface area contributed by atoms with Crippen LogP contribution in [0.25, 0.3) is 0 Å². The predicted molar refractivity (Wildman–Crippen MR) is 97.2 cm³/mol. The van der Waals surface area contributed by atoms with Gasteiger partial charge in [0.25, 0.3) is 0 Å². The number of carbonyl (C=O) groups is 2. The SMILES string of the molecule is COc1ccc(C2(C(=O)NCc3ccc(C(=O)O)o3)CCCC2)cc1OC. The molecule has 1 aliphatic rings. The van der Waals surface area contributed by atoms with E-state index in [4.69, 9.17) is 19.0 Å². The van der Waals surface area contributed by atoms with E-state index in [2.05, 4.69) is 5.32 Å². The lowest BCUT2D eigenvalue weighted by molar-refractivity contribution is -0.126. The summed E-state index contributed by atoms with van der Waals surface area (Å²) in [6.45, 7) is 0.140. The minimum atomic E-state index is -1.13. The Labute approximate surface area is 157 Å². The summed E-state index contributed by atoms with van der Waals surface area (Å²) in [7, 11) is 3.14. The van der Waals surface area contributed by atoms with Gasteiger partial charge in [0, 0.05) is 0 Å². The number of nitrogens with one attached hydrogen (secondary N) is 1. The summed E-state index contributed by atoms with van der Waals surface area (Å²) in [5, 5.41) is 11.8. The molecule has 1 aromatic heterocycles. The summed E-state index contributed by atoms with van der Waals surface area (Å²) in [6.07, 6.45) is 3.41. The molecule has 0 aliphatic heterocycles. The lowest BCUT2D eigenvalue weighted by atomic mass is 9.77. The molecule has 0 spiro atoms. The van der Waals surface area contributed by atoms with Crippen molar-refractivity contribution in [3.8, 4) is 11.5 Å². The van der Waals surface area contributed by atoms with Crippen LogP contribution in [-0.2, 0) is 16.8 Å². The van der Waals surface area contributed by atoms with Crippen LogP contribution in [0, 0.1) is 0 Å². The smallest absolute Gasteiger partial charge is 0.371 e. The molecule has 1 aromatic carbocycles. The number of amides is 1. The van der Waals surface area contributed by atoms with Gasteiger partial charge < -0.3 is 24.3 Å². The Balaban J connectivity index is 1.81. The van der Waals surface area contributed by atoms with Crippen LogP contribution in [0.2, 0.25) is 0 Å². The summed E-state index contributed by atoms with van der Waals surface area (Å²) < 4.78 is 15.9. The van der Waals surface area contributed by atoms with Gasteiger partial charge in [0.1, 0.15) is 5.76 Å². The van der Waals surface area contributed by atoms with E-state index in [0.29, 0.717) is 17.3 Å². The Morgan fingerprint density at radius 2 is 1.81 bits per heavy atom. The normalized spacial score (nSPS) is 15.3. The molecule has 1 aliphatic carbocycles. The van der Waals surface area contributed by atoms with Crippen molar-refractivity contribution in [1.82, 2.24) is 5.32 Å². The van der Waals surface area contributed by atoms with Crippen molar-refractivity contribution >= 4 is 11.9 Å². The lowest BCUT2D eigenvalue weighted by Gasteiger charge is -2.29. The van der Waals surface area contributed by atoms with Crippen LogP contribution in [0.5, 0.6) is 11.5 Å². The van der Waals surface area contributed by atoms with Gasteiger partial charge in [-0.3, -0.25) is 4.79 Å². The van der Waals surface area contributed by atoms with E-state index in [9.17, 15) is 9.59 Å². The third-order valence-electron chi connectivity index (χ3n) is 5.12. The summed E-state index contributed by atoms with van der Waals surface area (Å²) >= 11 is 0. The minimum Gasteiger partial charge on any atom is -0.493 e. The zero-order valence-corrected chi connectivity index (χ0v) is 15.4. The number of benzene rings is 1. The maximum Gasteiger partial charge on any atom is 0.371 e. The molecule has 3 rings (SSSR count). The third-order valence-corrected chi connectivity index (χ3v) is 5.12. The third kappa shape index (κ3) is 3.63. The first-order valence-electron chi connectivity index (χ1n) is 8.83. The van der Waals surface area contributed by atoms with Crippen LogP contribution < -0.4 is 14.8 Å². The number of hydrogen-bond acceptors (Lipinski definition) is 5. The highest BCUT2D eigenvalue weighted by atomic mass is 16.5. The number of ether oxygens (including phenoxy) is 2. The minimum absolute atomic E-state index is 0.0968.